The number of benzene rings is 1. The lowest BCUT2D eigenvalue weighted by Gasteiger charge is -2.11. The summed E-state index contributed by atoms with van der Waals surface area (Å²) in [6.45, 7) is 2.04. The van der Waals surface area contributed by atoms with E-state index in [1.165, 1.54) is 12.1 Å². The first kappa shape index (κ1) is 16.5. The number of nitrogens with one attached hydrogen (secondary N) is 2. The summed E-state index contributed by atoms with van der Waals surface area (Å²) in [6, 6.07) is 6.44. The van der Waals surface area contributed by atoms with E-state index in [0.29, 0.717) is 17.1 Å². The lowest BCUT2D eigenvalue weighted by Crippen LogP contribution is -2.15. The summed E-state index contributed by atoms with van der Waals surface area (Å²) < 4.78 is 31.1. The van der Waals surface area contributed by atoms with Crippen molar-refractivity contribution in [2.75, 3.05) is 23.0 Å². The Morgan fingerprint density at radius 3 is 2.74 bits per heavy atom. The van der Waals surface area contributed by atoms with Crippen molar-refractivity contribution >= 4 is 23.4 Å². The number of nitrogens with zero attached hydrogens (tertiary/aromatic N) is 1. The number of aromatic nitrogens is 1. The molecule has 8 heteroatoms. The minimum atomic E-state index is -0.647. The topological polar surface area (TPSA) is 89.3 Å². The second-order valence-corrected chi connectivity index (χ2v) is 4.56. The van der Waals surface area contributed by atoms with Crippen LogP contribution in [0.25, 0.3) is 0 Å². The summed E-state index contributed by atoms with van der Waals surface area (Å²) >= 11 is 0. The Kier molecular flexibility index (Phi) is 5.29. The Morgan fingerprint density at radius 2 is 2.09 bits per heavy atom. The molecule has 0 aliphatic rings. The third kappa shape index (κ3) is 4.53. The molecule has 0 bridgehead atoms. The standard InChI is InChI=1S/C15H16F2N4O2/c1-2-23-15(22)20-12-5-6-13(21-14(12)18)19-8-9-3-4-10(16)7-11(9)17/h3-7H,2,8H2,1H3,(H,20,22)(H3,18,19,21). The van der Waals surface area contributed by atoms with Crippen LogP contribution in [-0.4, -0.2) is 17.7 Å². The zero-order chi connectivity index (χ0) is 16.8. The van der Waals surface area contributed by atoms with Crippen LogP contribution < -0.4 is 16.4 Å². The van der Waals surface area contributed by atoms with Gasteiger partial charge >= 0.3 is 6.09 Å². The van der Waals surface area contributed by atoms with E-state index >= 15 is 0 Å². The first-order valence-electron chi connectivity index (χ1n) is 6.87. The van der Waals surface area contributed by atoms with Crippen molar-refractivity contribution < 1.29 is 18.3 Å². The van der Waals surface area contributed by atoms with Gasteiger partial charge in [0.05, 0.1) is 12.3 Å². The number of hydrogen-bond acceptors (Lipinski definition) is 5. The van der Waals surface area contributed by atoms with Gasteiger partial charge in [0.25, 0.3) is 0 Å². The van der Waals surface area contributed by atoms with Gasteiger partial charge in [-0.15, -0.1) is 0 Å². The van der Waals surface area contributed by atoms with Crippen LogP contribution in [0.1, 0.15) is 12.5 Å². The van der Waals surface area contributed by atoms with E-state index < -0.39 is 17.7 Å². The number of nitrogens with two attached hydrogens (primary N) is 1. The van der Waals surface area contributed by atoms with Gasteiger partial charge in [-0.3, -0.25) is 5.32 Å². The molecule has 0 aliphatic heterocycles. The fourth-order valence-electron chi connectivity index (χ4n) is 1.81. The highest BCUT2D eigenvalue weighted by Gasteiger charge is 2.08. The smallest absolute Gasteiger partial charge is 0.411 e. The second kappa shape index (κ2) is 7.39. The molecule has 1 aromatic carbocycles. The van der Waals surface area contributed by atoms with Gasteiger partial charge in [0.15, 0.2) is 0 Å². The Labute approximate surface area is 131 Å². The quantitative estimate of drug-likeness (QED) is 0.787. The number of ether oxygens (including phenoxy) is 1. The molecule has 1 aromatic heterocycles. The van der Waals surface area contributed by atoms with Crippen LogP contribution in [0, 0.1) is 11.6 Å². The Bertz CT molecular complexity index is 710. The van der Waals surface area contributed by atoms with E-state index in [1.54, 1.807) is 19.1 Å². The highest BCUT2D eigenvalue weighted by molar-refractivity contribution is 5.88. The van der Waals surface area contributed by atoms with Gasteiger partial charge in [-0.1, -0.05) is 6.07 Å². The predicted octanol–water partition coefficient (Wildman–Crippen LogP) is 3.12. The summed E-state index contributed by atoms with van der Waals surface area (Å²) in [5.74, 6) is -0.808. The van der Waals surface area contributed by atoms with Crippen molar-refractivity contribution in [3.63, 3.8) is 0 Å². The number of carbonyl (C=O) groups is 1. The van der Waals surface area contributed by atoms with Crippen LogP contribution in [0.15, 0.2) is 30.3 Å². The molecule has 6 nitrogen and oxygen atoms in total. The lowest BCUT2D eigenvalue weighted by molar-refractivity contribution is 0.168. The molecule has 0 saturated carbocycles. The second-order valence-electron chi connectivity index (χ2n) is 4.56. The van der Waals surface area contributed by atoms with E-state index in [-0.39, 0.29) is 19.0 Å². The molecule has 2 aromatic rings. The van der Waals surface area contributed by atoms with Gasteiger partial charge in [0, 0.05) is 18.2 Å². The summed E-state index contributed by atoms with van der Waals surface area (Å²) in [7, 11) is 0. The van der Waals surface area contributed by atoms with Crippen molar-refractivity contribution in [1.82, 2.24) is 4.98 Å². The number of carbonyl (C=O) groups excluding carboxylic acids is 1. The van der Waals surface area contributed by atoms with Crippen molar-refractivity contribution in [3.05, 3.63) is 47.5 Å². The zero-order valence-corrected chi connectivity index (χ0v) is 12.4. The fraction of sp³-hybridized carbons (Fsp3) is 0.200. The van der Waals surface area contributed by atoms with Gasteiger partial charge in [-0.05, 0) is 25.1 Å². The van der Waals surface area contributed by atoms with Crippen LogP contribution in [-0.2, 0) is 11.3 Å². The number of pyridine rings is 1. The average molecular weight is 322 g/mol. The largest absolute Gasteiger partial charge is 0.450 e. The normalized spacial score (nSPS) is 10.2. The number of nitrogen functional groups attached to an aromatic ring is 1. The molecule has 1 heterocycles. The number of anilines is 3. The third-order valence-electron chi connectivity index (χ3n) is 2.91. The molecule has 4 N–H and O–H groups in total. The summed E-state index contributed by atoms with van der Waals surface area (Å²) in [4.78, 5) is 15.4. The third-order valence-corrected chi connectivity index (χ3v) is 2.91. The molecule has 23 heavy (non-hydrogen) atoms. The molecular weight excluding hydrogens is 306 g/mol. The van der Waals surface area contributed by atoms with E-state index in [2.05, 4.69) is 15.6 Å². The first-order chi connectivity index (χ1) is 11.0. The summed E-state index contributed by atoms with van der Waals surface area (Å²) in [5, 5.41) is 5.32. The average Bonchev–Trinajstić information content (AvgIpc) is 2.49. The monoisotopic (exact) mass is 322 g/mol. The van der Waals surface area contributed by atoms with E-state index in [1.807, 2.05) is 0 Å². The molecule has 0 fully saturated rings. The van der Waals surface area contributed by atoms with Crippen LogP contribution >= 0.6 is 0 Å². The maximum Gasteiger partial charge on any atom is 0.411 e. The molecule has 0 radical (unpaired) electrons. The number of amides is 1. The molecule has 0 spiro atoms. The minimum Gasteiger partial charge on any atom is -0.450 e. The van der Waals surface area contributed by atoms with Gasteiger partial charge < -0.3 is 15.8 Å². The van der Waals surface area contributed by atoms with E-state index in [0.717, 1.165) is 6.07 Å². The van der Waals surface area contributed by atoms with Gasteiger partial charge in [0.1, 0.15) is 23.3 Å². The maximum absolute atomic E-state index is 13.5. The molecular formula is C15H16F2N4O2. The molecule has 0 saturated heterocycles. The van der Waals surface area contributed by atoms with Gasteiger partial charge in [0.2, 0.25) is 0 Å². The van der Waals surface area contributed by atoms with Crippen molar-refractivity contribution in [2.45, 2.75) is 13.5 Å². The van der Waals surface area contributed by atoms with E-state index in [4.69, 9.17) is 10.5 Å². The van der Waals surface area contributed by atoms with Gasteiger partial charge in [-0.25, -0.2) is 18.6 Å². The highest BCUT2D eigenvalue weighted by atomic mass is 19.1. The van der Waals surface area contributed by atoms with Crippen LogP contribution in [0.3, 0.4) is 0 Å². The highest BCUT2D eigenvalue weighted by Crippen LogP contribution is 2.19. The Hall–Kier alpha value is -2.90. The number of halogens is 2. The SMILES string of the molecule is CCOC(=O)Nc1ccc(NCc2ccc(F)cc2F)nc1N. The van der Waals surface area contributed by atoms with Crippen LogP contribution in [0.4, 0.5) is 30.9 Å². The molecule has 2 rings (SSSR count). The first-order valence-corrected chi connectivity index (χ1v) is 6.87. The maximum atomic E-state index is 13.5. The van der Waals surface area contributed by atoms with Crippen LogP contribution in [0.2, 0.25) is 0 Å². The number of rotatable bonds is 5. The molecule has 122 valence electrons. The summed E-state index contributed by atoms with van der Waals surface area (Å²) in [6.07, 6.45) is -0.630. The lowest BCUT2D eigenvalue weighted by atomic mass is 10.2. The van der Waals surface area contributed by atoms with Crippen molar-refractivity contribution in [3.8, 4) is 0 Å². The fourth-order valence-corrected chi connectivity index (χ4v) is 1.81. The zero-order valence-electron chi connectivity index (χ0n) is 12.4. The van der Waals surface area contributed by atoms with Crippen molar-refractivity contribution in [2.24, 2.45) is 0 Å². The molecule has 1 amide bonds. The van der Waals surface area contributed by atoms with E-state index in [9.17, 15) is 13.6 Å². The molecule has 0 aliphatic carbocycles. The number of hydrogen-bond donors (Lipinski definition) is 3. The molecule has 0 atom stereocenters. The summed E-state index contributed by atoms with van der Waals surface area (Å²) in [5.41, 5.74) is 6.34. The van der Waals surface area contributed by atoms with Crippen molar-refractivity contribution in [1.29, 1.82) is 0 Å². The minimum absolute atomic E-state index is 0.0858. The Morgan fingerprint density at radius 1 is 1.30 bits per heavy atom. The van der Waals surface area contributed by atoms with Gasteiger partial charge in [-0.2, -0.15) is 0 Å². The van der Waals surface area contributed by atoms with Crippen LogP contribution in [0.5, 0.6) is 0 Å². The Balaban J connectivity index is 2.01. The predicted molar refractivity (Wildman–Crippen MR) is 83.0 cm³/mol. The molecule has 0 unspecified atom stereocenters.